The largest absolute Gasteiger partial charge is 0.449 e. The Labute approximate surface area is 192 Å². The number of halogens is 1. The van der Waals surface area contributed by atoms with Gasteiger partial charge in [0.25, 0.3) is 5.91 Å². The van der Waals surface area contributed by atoms with Crippen molar-refractivity contribution < 1.29 is 31.9 Å². The second-order valence-corrected chi connectivity index (χ2v) is 9.73. The molecule has 3 rings (SSSR count). The van der Waals surface area contributed by atoms with Gasteiger partial charge < -0.3 is 19.7 Å². The summed E-state index contributed by atoms with van der Waals surface area (Å²) in [6, 6.07) is 9.82. The normalized spacial score (nSPS) is 15.2. The van der Waals surface area contributed by atoms with Crippen LogP contribution in [-0.2, 0) is 24.3 Å². The van der Waals surface area contributed by atoms with Gasteiger partial charge in [-0.15, -0.1) is 0 Å². The van der Waals surface area contributed by atoms with Crippen LogP contribution in [0.2, 0.25) is 0 Å². The summed E-state index contributed by atoms with van der Waals surface area (Å²) < 4.78 is 50.7. The molecule has 11 heteroatoms. The first-order valence-electron chi connectivity index (χ1n) is 10.3. The van der Waals surface area contributed by atoms with E-state index in [1.165, 1.54) is 51.4 Å². The van der Waals surface area contributed by atoms with Crippen molar-refractivity contribution >= 4 is 33.3 Å². The predicted octanol–water partition coefficient (Wildman–Crippen LogP) is 2.10. The first-order valence-corrected chi connectivity index (χ1v) is 11.7. The van der Waals surface area contributed by atoms with E-state index in [0.717, 1.165) is 4.31 Å². The van der Waals surface area contributed by atoms with E-state index in [9.17, 15) is 22.4 Å². The zero-order chi connectivity index (χ0) is 24.2. The molecule has 1 fully saturated rings. The molecule has 0 aliphatic carbocycles. The summed E-state index contributed by atoms with van der Waals surface area (Å²) in [7, 11) is -1.03. The number of amides is 1. The fourth-order valence-corrected chi connectivity index (χ4v) is 4.13. The number of rotatable bonds is 7. The van der Waals surface area contributed by atoms with Gasteiger partial charge in [-0.05, 0) is 37.3 Å². The molecule has 0 saturated carbocycles. The Hall–Kier alpha value is -3.02. The predicted molar refractivity (Wildman–Crippen MR) is 120 cm³/mol. The van der Waals surface area contributed by atoms with Crippen molar-refractivity contribution in [2.24, 2.45) is 0 Å². The number of hydrogen-bond acceptors (Lipinski definition) is 7. The lowest BCUT2D eigenvalue weighted by Crippen LogP contribution is -2.37. The minimum atomic E-state index is -3.81. The average molecular weight is 480 g/mol. The first kappa shape index (κ1) is 24.6. The maximum absolute atomic E-state index is 13.8. The van der Waals surface area contributed by atoms with Crippen molar-refractivity contribution in [3.63, 3.8) is 0 Å². The smallest absolute Gasteiger partial charge is 0.341 e. The van der Waals surface area contributed by atoms with Crippen LogP contribution in [0.1, 0.15) is 17.3 Å². The van der Waals surface area contributed by atoms with Crippen molar-refractivity contribution in [3.8, 4) is 0 Å². The second kappa shape index (κ2) is 10.3. The Balaban J connectivity index is 1.87. The third-order valence-corrected chi connectivity index (χ3v) is 6.91. The Morgan fingerprint density at radius 1 is 1.15 bits per heavy atom. The molecule has 1 aliphatic heterocycles. The van der Waals surface area contributed by atoms with E-state index in [-0.39, 0.29) is 16.1 Å². The van der Waals surface area contributed by atoms with Gasteiger partial charge in [-0.3, -0.25) is 4.79 Å². The van der Waals surface area contributed by atoms with Crippen LogP contribution in [-0.4, -0.2) is 71.1 Å². The van der Waals surface area contributed by atoms with E-state index in [1.54, 1.807) is 12.1 Å². The first-order chi connectivity index (χ1) is 15.6. The van der Waals surface area contributed by atoms with Crippen molar-refractivity contribution in [1.29, 1.82) is 0 Å². The maximum Gasteiger partial charge on any atom is 0.341 e. The van der Waals surface area contributed by atoms with Gasteiger partial charge in [-0.1, -0.05) is 12.1 Å². The van der Waals surface area contributed by atoms with Crippen LogP contribution in [0.5, 0.6) is 0 Å². The van der Waals surface area contributed by atoms with Crippen LogP contribution in [0.4, 0.5) is 15.8 Å². The number of morpholine rings is 1. The molecule has 0 bridgehead atoms. The van der Waals surface area contributed by atoms with E-state index in [2.05, 4.69) is 5.32 Å². The molecule has 1 saturated heterocycles. The van der Waals surface area contributed by atoms with Gasteiger partial charge >= 0.3 is 5.97 Å². The van der Waals surface area contributed by atoms with Gasteiger partial charge in [0.15, 0.2) is 6.10 Å². The molecule has 9 nitrogen and oxygen atoms in total. The molecule has 178 valence electrons. The number of benzene rings is 2. The Kier molecular flexibility index (Phi) is 7.67. The summed E-state index contributed by atoms with van der Waals surface area (Å²) in [4.78, 5) is 27.3. The number of nitrogens with one attached hydrogen (secondary N) is 1. The highest BCUT2D eigenvalue weighted by molar-refractivity contribution is 7.89. The number of ether oxygens (including phenoxy) is 2. The van der Waals surface area contributed by atoms with E-state index in [4.69, 9.17) is 9.47 Å². The lowest BCUT2D eigenvalue weighted by Gasteiger charge is -2.30. The number of hydrogen-bond donors (Lipinski definition) is 1. The second-order valence-electron chi connectivity index (χ2n) is 7.58. The van der Waals surface area contributed by atoms with Crippen molar-refractivity contribution in [3.05, 3.63) is 53.8 Å². The summed E-state index contributed by atoms with van der Waals surface area (Å²) in [5.74, 6) is -2.22. The molecule has 1 N–H and O–H groups in total. The van der Waals surface area contributed by atoms with Crippen LogP contribution in [0.15, 0.2) is 47.4 Å². The monoisotopic (exact) mass is 479 g/mol. The molecular weight excluding hydrogens is 453 g/mol. The van der Waals surface area contributed by atoms with Gasteiger partial charge in [0.1, 0.15) is 5.82 Å². The highest BCUT2D eigenvalue weighted by Crippen LogP contribution is 2.27. The fraction of sp³-hybridized carbons (Fsp3) is 0.364. The Morgan fingerprint density at radius 2 is 1.82 bits per heavy atom. The minimum absolute atomic E-state index is 0.00497. The van der Waals surface area contributed by atoms with Crippen LogP contribution in [0, 0.1) is 5.82 Å². The average Bonchev–Trinajstić information content (AvgIpc) is 2.80. The van der Waals surface area contributed by atoms with Crippen molar-refractivity contribution in [2.75, 3.05) is 50.6 Å². The van der Waals surface area contributed by atoms with Crippen molar-refractivity contribution in [1.82, 2.24) is 4.31 Å². The quantitative estimate of drug-likeness (QED) is 0.607. The van der Waals surface area contributed by atoms with Crippen LogP contribution in [0.25, 0.3) is 0 Å². The molecule has 1 aliphatic rings. The summed E-state index contributed by atoms with van der Waals surface area (Å²) in [5, 5.41) is 2.37. The molecule has 0 aromatic heterocycles. The van der Waals surface area contributed by atoms with Crippen LogP contribution < -0.4 is 10.2 Å². The SMILES string of the molecule is CC(OC(=O)c1cc(S(=O)(=O)N(C)C)ccc1N1CCOCC1)C(=O)Nc1ccccc1F. The molecule has 1 unspecified atom stereocenters. The number of sulfonamides is 1. The van der Waals surface area contributed by atoms with Gasteiger partial charge in [-0.25, -0.2) is 21.9 Å². The molecule has 2 aromatic rings. The topological polar surface area (TPSA) is 105 Å². The van der Waals surface area contributed by atoms with E-state index >= 15 is 0 Å². The van der Waals surface area contributed by atoms with Crippen LogP contribution in [0.3, 0.4) is 0 Å². The fourth-order valence-electron chi connectivity index (χ4n) is 3.20. The highest BCUT2D eigenvalue weighted by atomic mass is 32.2. The summed E-state index contributed by atoms with van der Waals surface area (Å²) in [6.45, 7) is 3.26. The summed E-state index contributed by atoms with van der Waals surface area (Å²) in [5.41, 5.74) is 0.437. The molecule has 0 spiro atoms. The number of esters is 1. The standard InChI is InChI=1S/C22H26FN3O6S/c1-15(21(27)24-19-7-5-4-6-18(19)23)32-22(28)17-14-16(33(29,30)25(2)3)8-9-20(17)26-10-12-31-13-11-26/h4-9,14-15H,10-13H2,1-3H3,(H,24,27). The van der Waals surface area contributed by atoms with Gasteiger partial charge in [-0.2, -0.15) is 0 Å². The zero-order valence-corrected chi connectivity index (χ0v) is 19.4. The zero-order valence-electron chi connectivity index (χ0n) is 18.6. The Morgan fingerprint density at radius 3 is 2.45 bits per heavy atom. The summed E-state index contributed by atoms with van der Waals surface area (Å²) in [6.07, 6.45) is -1.26. The number of para-hydroxylation sites is 1. The minimum Gasteiger partial charge on any atom is -0.449 e. The lowest BCUT2D eigenvalue weighted by molar-refractivity contribution is -0.123. The third kappa shape index (κ3) is 5.67. The van der Waals surface area contributed by atoms with E-state index in [0.29, 0.717) is 32.0 Å². The van der Waals surface area contributed by atoms with Crippen molar-refractivity contribution in [2.45, 2.75) is 17.9 Å². The molecule has 1 amide bonds. The third-order valence-electron chi connectivity index (χ3n) is 5.10. The number of nitrogens with zero attached hydrogens (tertiary/aromatic N) is 2. The molecule has 2 aromatic carbocycles. The van der Waals surface area contributed by atoms with Crippen LogP contribution >= 0.6 is 0 Å². The molecule has 0 radical (unpaired) electrons. The molecular formula is C22H26FN3O6S. The number of anilines is 2. The van der Waals surface area contributed by atoms with E-state index in [1.807, 2.05) is 4.90 Å². The van der Waals surface area contributed by atoms with E-state index < -0.39 is 33.8 Å². The molecule has 1 atom stereocenters. The van der Waals surface area contributed by atoms with Gasteiger partial charge in [0.05, 0.1) is 35.0 Å². The van der Waals surface area contributed by atoms with Gasteiger partial charge in [0, 0.05) is 27.2 Å². The summed E-state index contributed by atoms with van der Waals surface area (Å²) >= 11 is 0. The molecule has 33 heavy (non-hydrogen) atoms. The van der Waals surface area contributed by atoms with Gasteiger partial charge in [0.2, 0.25) is 10.0 Å². The lowest BCUT2D eigenvalue weighted by atomic mass is 10.1. The number of carbonyl (C=O) groups is 2. The number of carbonyl (C=O) groups excluding carboxylic acids is 2. The highest BCUT2D eigenvalue weighted by Gasteiger charge is 2.27. The maximum atomic E-state index is 13.8. The molecule has 1 heterocycles. The Bertz CT molecular complexity index is 1130.